The molecule has 0 radical (unpaired) electrons. The molecule has 0 bridgehead atoms. The Bertz CT molecular complexity index is 1300. The van der Waals surface area contributed by atoms with Crippen LogP contribution in [0.3, 0.4) is 0 Å². The molecule has 0 fully saturated rings. The molecule has 4 rings (SSSR count). The van der Waals surface area contributed by atoms with Crippen LogP contribution in [0.25, 0.3) is 21.8 Å². The summed E-state index contributed by atoms with van der Waals surface area (Å²) < 4.78 is 40.1. The summed E-state index contributed by atoms with van der Waals surface area (Å²) in [7, 11) is 3.35. The fourth-order valence-corrected chi connectivity index (χ4v) is 3.51. The van der Waals surface area contributed by atoms with Crippen molar-refractivity contribution < 1.29 is 18.0 Å². The number of halogens is 3. The van der Waals surface area contributed by atoms with Gasteiger partial charge in [-0.1, -0.05) is 12.1 Å². The first kappa shape index (κ1) is 20.6. The fraction of sp³-hybridized carbons (Fsp3) is 0.238. The van der Waals surface area contributed by atoms with Crippen LogP contribution in [-0.4, -0.2) is 37.6 Å². The largest absolute Gasteiger partial charge is 0.416 e. The zero-order valence-corrected chi connectivity index (χ0v) is 17.0. The number of fused-ring (bicyclic) bond motifs is 3. The van der Waals surface area contributed by atoms with Gasteiger partial charge in [-0.25, -0.2) is 9.97 Å². The van der Waals surface area contributed by atoms with Gasteiger partial charge >= 0.3 is 6.18 Å². The van der Waals surface area contributed by atoms with E-state index in [1.54, 1.807) is 38.0 Å². The van der Waals surface area contributed by atoms with E-state index >= 15 is 0 Å². The Morgan fingerprint density at radius 1 is 1.16 bits per heavy atom. The number of carbonyl (C=O) groups is 1. The molecule has 2 N–H and O–H groups in total. The van der Waals surface area contributed by atoms with E-state index in [0.717, 1.165) is 17.6 Å². The topological polar surface area (TPSA) is 89.9 Å². The van der Waals surface area contributed by atoms with Crippen molar-refractivity contribution in [1.29, 1.82) is 0 Å². The molecule has 160 valence electrons. The second kappa shape index (κ2) is 7.22. The van der Waals surface area contributed by atoms with Crippen molar-refractivity contribution in [3.63, 3.8) is 0 Å². The maximum atomic E-state index is 13.1. The maximum Gasteiger partial charge on any atom is 0.416 e. The predicted molar refractivity (Wildman–Crippen MR) is 110 cm³/mol. The second-order valence-corrected chi connectivity index (χ2v) is 7.33. The van der Waals surface area contributed by atoms with Crippen molar-refractivity contribution in [2.45, 2.75) is 19.1 Å². The highest BCUT2D eigenvalue weighted by molar-refractivity contribution is 6.09. The lowest BCUT2D eigenvalue weighted by atomic mass is 10.0. The number of alkyl halides is 3. The van der Waals surface area contributed by atoms with E-state index in [2.05, 4.69) is 15.1 Å². The number of hydrogen-bond donors (Lipinski definition) is 1. The standard InChI is InChI=1S/C21H19F3N6O/c1-11(12-4-6-13(7-5-12)21(22,23)24)29(2)20(31)16-8-14-17(10-26-16)28-19(25)15-9-27-30(3)18(14)15/h4-11H,1-3H3,(H2,25,28)/t11-/m0/s1. The molecular weight excluding hydrogens is 409 g/mol. The molecule has 1 amide bonds. The average molecular weight is 428 g/mol. The molecule has 0 saturated carbocycles. The van der Waals surface area contributed by atoms with Crippen LogP contribution >= 0.6 is 0 Å². The smallest absolute Gasteiger partial charge is 0.383 e. The SMILES string of the molecule is C[C@@H](c1ccc(C(F)(F)F)cc1)N(C)C(=O)c1cc2c(cn1)nc(N)c1cnn(C)c12. The molecule has 1 aromatic carbocycles. The Morgan fingerprint density at radius 2 is 1.84 bits per heavy atom. The van der Waals surface area contributed by atoms with Gasteiger partial charge in [-0.2, -0.15) is 18.3 Å². The van der Waals surface area contributed by atoms with Gasteiger partial charge in [0.2, 0.25) is 0 Å². The van der Waals surface area contributed by atoms with Crippen molar-refractivity contribution >= 4 is 33.5 Å². The molecule has 0 saturated heterocycles. The van der Waals surface area contributed by atoms with E-state index in [4.69, 9.17) is 5.73 Å². The molecule has 10 heteroatoms. The molecule has 3 aromatic heterocycles. The summed E-state index contributed by atoms with van der Waals surface area (Å²) >= 11 is 0. The highest BCUT2D eigenvalue weighted by atomic mass is 19.4. The van der Waals surface area contributed by atoms with E-state index in [1.165, 1.54) is 23.2 Å². The lowest BCUT2D eigenvalue weighted by Crippen LogP contribution is -2.30. The normalized spacial score (nSPS) is 13.0. The maximum absolute atomic E-state index is 13.1. The zero-order chi connectivity index (χ0) is 22.5. The Balaban J connectivity index is 1.67. The van der Waals surface area contributed by atoms with Gasteiger partial charge < -0.3 is 10.6 Å². The molecule has 0 spiro atoms. The number of nitrogens with two attached hydrogens (primary N) is 1. The molecule has 0 aliphatic heterocycles. The van der Waals surface area contributed by atoms with Gasteiger partial charge in [0, 0.05) is 19.5 Å². The Morgan fingerprint density at radius 3 is 2.48 bits per heavy atom. The van der Waals surface area contributed by atoms with Gasteiger partial charge in [-0.3, -0.25) is 9.48 Å². The number of hydrogen-bond acceptors (Lipinski definition) is 5. The van der Waals surface area contributed by atoms with Crippen molar-refractivity contribution in [3.05, 3.63) is 59.5 Å². The summed E-state index contributed by atoms with van der Waals surface area (Å²) in [5.41, 5.74) is 7.27. The van der Waals surface area contributed by atoms with Crippen LogP contribution in [0, 0.1) is 0 Å². The van der Waals surface area contributed by atoms with Crippen LogP contribution in [0.15, 0.2) is 42.7 Å². The van der Waals surface area contributed by atoms with E-state index in [9.17, 15) is 18.0 Å². The number of pyridine rings is 2. The first-order valence-corrected chi connectivity index (χ1v) is 9.39. The quantitative estimate of drug-likeness (QED) is 0.534. The van der Waals surface area contributed by atoms with Crippen molar-refractivity contribution in [1.82, 2.24) is 24.6 Å². The Kier molecular flexibility index (Phi) is 4.79. The number of rotatable bonds is 3. The first-order valence-electron chi connectivity index (χ1n) is 9.39. The minimum atomic E-state index is -4.41. The number of anilines is 1. The van der Waals surface area contributed by atoms with Crippen LogP contribution in [0.2, 0.25) is 0 Å². The van der Waals surface area contributed by atoms with E-state index in [1.807, 2.05) is 0 Å². The van der Waals surface area contributed by atoms with Gasteiger partial charge in [0.25, 0.3) is 5.91 Å². The summed E-state index contributed by atoms with van der Waals surface area (Å²) in [6.45, 7) is 1.74. The molecule has 7 nitrogen and oxygen atoms in total. The number of amides is 1. The van der Waals surface area contributed by atoms with Crippen molar-refractivity contribution in [3.8, 4) is 0 Å². The lowest BCUT2D eigenvalue weighted by Gasteiger charge is -2.25. The molecule has 1 atom stereocenters. The number of nitrogens with zero attached hydrogens (tertiary/aromatic N) is 5. The van der Waals surface area contributed by atoms with Gasteiger partial charge in [-0.05, 0) is 30.7 Å². The van der Waals surface area contributed by atoms with Gasteiger partial charge in [-0.15, -0.1) is 0 Å². The summed E-state index contributed by atoms with van der Waals surface area (Å²) in [6.07, 6.45) is -1.33. The van der Waals surface area contributed by atoms with Crippen molar-refractivity contribution in [2.24, 2.45) is 7.05 Å². The van der Waals surface area contributed by atoms with E-state index < -0.39 is 17.8 Å². The Labute approximate surface area is 175 Å². The van der Waals surface area contributed by atoms with Gasteiger partial charge in [0.05, 0.1) is 40.4 Å². The number of carbonyl (C=O) groups excluding carboxylic acids is 1. The molecule has 0 aliphatic carbocycles. The number of aromatic nitrogens is 4. The minimum Gasteiger partial charge on any atom is -0.383 e. The van der Waals surface area contributed by atoms with Gasteiger partial charge in [0.1, 0.15) is 11.5 Å². The molecule has 3 heterocycles. The third-order valence-electron chi connectivity index (χ3n) is 5.43. The zero-order valence-electron chi connectivity index (χ0n) is 17.0. The highest BCUT2D eigenvalue weighted by Gasteiger charge is 2.30. The molecule has 0 aliphatic rings. The predicted octanol–water partition coefficient (Wildman–Crippen LogP) is 3.95. The third kappa shape index (κ3) is 3.54. The average Bonchev–Trinajstić information content (AvgIpc) is 3.14. The van der Waals surface area contributed by atoms with Crippen LogP contribution in [-0.2, 0) is 13.2 Å². The van der Waals surface area contributed by atoms with E-state index in [-0.39, 0.29) is 11.6 Å². The monoisotopic (exact) mass is 428 g/mol. The number of aryl methyl sites for hydroxylation is 1. The first-order chi connectivity index (χ1) is 14.6. The molecule has 0 unspecified atom stereocenters. The molecule has 31 heavy (non-hydrogen) atoms. The summed E-state index contributed by atoms with van der Waals surface area (Å²) in [6, 6.07) is 5.92. The number of benzene rings is 1. The summed E-state index contributed by atoms with van der Waals surface area (Å²) in [5, 5.41) is 5.56. The highest BCUT2D eigenvalue weighted by Crippen LogP contribution is 2.31. The van der Waals surface area contributed by atoms with Gasteiger partial charge in [0.15, 0.2) is 0 Å². The minimum absolute atomic E-state index is 0.183. The van der Waals surface area contributed by atoms with Crippen LogP contribution < -0.4 is 5.73 Å². The van der Waals surface area contributed by atoms with E-state index in [0.29, 0.717) is 27.7 Å². The lowest BCUT2D eigenvalue weighted by molar-refractivity contribution is -0.137. The summed E-state index contributed by atoms with van der Waals surface area (Å²) in [5.74, 6) is -0.0500. The van der Waals surface area contributed by atoms with Crippen LogP contribution in [0.5, 0.6) is 0 Å². The second-order valence-electron chi connectivity index (χ2n) is 7.33. The van der Waals surface area contributed by atoms with Crippen LogP contribution in [0.4, 0.5) is 19.0 Å². The number of nitrogen functional groups attached to an aromatic ring is 1. The van der Waals surface area contributed by atoms with Crippen molar-refractivity contribution in [2.75, 3.05) is 12.8 Å². The fourth-order valence-electron chi connectivity index (χ4n) is 3.51. The summed E-state index contributed by atoms with van der Waals surface area (Å²) in [4.78, 5) is 23.0. The Hall–Kier alpha value is -3.69. The third-order valence-corrected chi connectivity index (χ3v) is 5.43. The van der Waals surface area contributed by atoms with Crippen LogP contribution in [0.1, 0.15) is 34.6 Å². The molecular formula is C21H19F3N6O. The molecule has 4 aromatic rings.